The van der Waals surface area contributed by atoms with Gasteiger partial charge < -0.3 is 4.72 Å². The van der Waals surface area contributed by atoms with Crippen LogP contribution in [-0.4, -0.2) is 5.29 Å². The Morgan fingerprint density at radius 2 is 2.07 bits per heavy atom. The van der Waals surface area contributed by atoms with Crippen molar-refractivity contribution in [2.75, 3.05) is 0 Å². The van der Waals surface area contributed by atoms with E-state index in [-0.39, 0.29) is 0 Å². The van der Waals surface area contributed by atoms with Crippen molar-refractivity contribution < 1.29 is 0 Å². The van der Waals surface area contributed by atoms with Gasteiger partial charge in [0.05, 0.1) is 10.6 Å². The second kappa shape index (κ2) is 5.27. The highest BCUT2D eigenvalue weighted by atomic mass is 35.5. The monoisotopic (exact) mass is 228 g/mol. The Balaban J connectivity index is 0.000000461. The molecule has 0 fully saturated rings. The molecule has 1 aromatic rings. The Morgan fingerprint density at radius 1 is 1.36 bits per heavy atom. The third-order valence-corrected chi connectivity index (χ3v) is 2.97. The van der Waals surface area contributed by atoms with E-state index in [1.54, 1.807) is 0 Å². The van der Waals surface area contributed by atoms with E-state index in [4.69, 9.17) is 11.6 Å². The lowest BCUT2D eigenvalue weighted by Gasteiger charge is -2.14. The molecule has 0 radical (unpaired) electrons. The molecular formula is C10H13ClN2S. The van der Waals surface area contributed by atoms with Crippen LogP contribution < -0.4 is 4.72 Å². The predicted octanol–water partition coefficient (Wildman–Crippen LogP) is 3.86. The fraction of sp³-hybridized carbons (Fsp3) is 0.300. The second-order valence-electron chi connectivity index (χ2n) is 2.53. The number of benzene rings is 1. The van der Waals surface area contributed by atoms with Crippen LogP contribution in [0.3, 0.4) is 0 Å². The molecule has 0 aromatic heterocycles. The van der Waals surface area contributed by atoms with Crippen LogP contribution in [0.5, 0.6) is 0 Å². The molecule has 0 bridgehead atoms. The highest BCUT2D eigenvalue weighted by Gasteiger charge is 2.11. The number of aryl methyl sites for hydroxylation is 1. The number of rotatable bonds is 0. The molecule has 1 aromatic carbocycles. The molecule has 0 atom stereocenters. The number of nitrogens with one attached hydrogen (secondary N) is 1. The van der Waals surface area contributed by atoms with Crippen LogP contribution in [0, 0.1) is 6.92 Å². The Morgan fingerprint density at radius 3 is 2.79 bits per heavy atom. The zero-order valence-corrected chi connectivity index (χ0v) is 10.0. The van der Waals surface area contributed by atoms with E-state index in [0.29, 0.717) is 5.29 Å². The maximum absolute atomic E-state index is 5.71. The van der Waals surface area contributed by atoms with Gasteiger partial charge in [0.15, 0.2) is 0 Å². The first kappa shape index (κ1) is 11.4. The molecule has 1 aliphatic heterocycles. The number of aliphatic imine (C=N–C) groups is 1. The van der Waals surface area contributed by atoms with Crippen LogP contribution >= 0.6 is 23.5 Å². The maximum atomic E-state index is 5.71. The van der Waals surface area contributed by atoms with Gasteiger partial charge in [0.1, 0.15) is 0 Å². The smallest absolute Gasteiger partial charge is 0.206 e. The van der Waals surface area contributed by atoms with E-state index < -0.39 is 0 Å². The van der Waals surface area contributed by atoms with Gasteiger partial charge in [-0.1, -0.05) is 26.0 Å². The minimum Gasteiger partial charge on any atom is -0.300 e. The Kier molecular flexibility index (Phi) is 4.29. The fourth-order valence-corrected chi connectivity index (χ4v) is 1.97. The van der Waals surface area contributed by atoms with Crippen molar-refractivity contribution >= 4 is 34.5 Å². The van der Waals surface area contributed by atoms with Crippen LogP contribution in [-0.2, 0) is 0 Å². The minimum atomic E-state index is 0.443. The molecule has 1 N–H and O–H groups in total. The number of hydrogen-bond donors (Lipinski definition) is 1. The van der Waals surface area contributed by atoms with Crippen molar-refractivity contribution in [2.24, 2.45) is 4.99 Å². The summed E-state index contributed by atoms with van der Waals surface area (Å²) in [6.07, 6.45) is 0. The third-order valence-electron chi connectivity index (χ3n) is 1.65. The van der Waals surface area contributed by atoms with Crippen LogP contribution in [0.15, 0.2) is 28.1 Å². The van der Waals surface area contributed by atoms with E-state index in [9.17, 15) is 0 Å². The van der Waals surface area contributed by atoms with Gasteiger partial charge in [-0.2, -0.15) is 0 Å². The summed E-state index contributed by atoms with van der Waals surface area (Å²) in [5, 5.41) is 0.443. The van der Waals surface area contributed by atoms with E-state index in [1.165, 1.54) is 17.5 Å². The zero-order valence-electron chi connectivity index (χ0n) is 8.47. The van der Waals surface area contributed by atoms with Crippen LogP contribution in [0.1, 0.15) is 19.4 Å². The van der Waals surface area contributed by atoms with Crippen molar-refractivity contribution in [1.29, 1.82) is 0 Å². The normalized spacial score (nSPS) is 13.0. The molecule has 14 heavy (non-hydrogen) atoms. The van der Waals surface area contributed by atoms with Crippen molar-refractivity contribution in [3.05, 3.63) is 23.8 Å². The Bertz CT molecular complexity index is 350. The molecule has 2 rings (SSSR count). The van der Waals surface area contributed by atoms with Crippen molar-refractivity contribution in [1.82, 2.24) is 4.72 Å². The predicted molar refractivity (Wildman–Crippen MR) is 64.5 cm³/mol. The van der Waals surface area contributed by atoms with Gasteiger partial charge in [-0.3, -0.25) is 0 Å². The largest absolute Gasteiger partial charge is 0.300 e. The first-order valence-corrected chi connectivity index (χ1v) is 5.73. The lowest BCUT2D eigenvalue weighted by Crippen LogP contribution is -2.11. The van der Waals surface area contributed by atoms with Gasteiger partial charge >= 0.3 is 0 Å². The number of halogens is 1. The average molecular weight is 229 g/mol. The molecule has 4 heteroatoms. The van der Waals surface area contributed by atoms with Crippen molar-refractivity contribution in [2.45, 2.75) is 25.7 Å². The van der Waals surface area contributed by atoms with Crippen molar-refractivity contribution in [3.63, 3.8) is 0 Å². The number of hydrogen-bond acceptors (Lipinski definition) is 3. The van der Waals surface area contributed by atoms with Gasteiger partial charge in [0, 0.05) is 0 Å². The molecule has 0 spiro atoms. The molecular weight excluding hydrogens is 216 g/mol. The number of amidine groups is 1. The van der Waals surface area contributed by atoms with E-state index >= 15 is 0 Å². The summed E-state index contributed by atoms with van der Waals surface area (Å²) in [6.45, 7) is 6.06. The average Bonchev–Trinajstić information content (AvgIpc) is 2.21. The lowest BCUT2D eigenvalue weighted by molar-refractivity contribution is 1.24. The number of nitrogens with zero attached hydrogens (tertiary/aromatic N) is 1. The highest BCUT2D eigenvalue weighted by molar-refractivity contribution is 7.98. The van der Waals surface area contributed by atoms with Gasteiger partial charge in [-0.25, -0.2) is 4.99 Å². The van der Waals surface area contributed by atoms with E-state index in [0.717, 1.165) is 10.6 Å². The molecule has 0 unspecified atom stereocenters. The highest BCUT2D eigenvalue weighted by Crippen LogP contribution is 2.34. The molecule has 0 saturated heterocycles. The van der Waals surface area contributed by atoms with E-state index in [2.05, 4.69) is 22.7 Å². The Labute approximate surface area is 93.9 Å². The van der Waals surface area contributed by atoms with Crippen LogP contribution in [0.2, 0.25) is 0 Å². The Hall–Kier alpha value is -0.670. The van der Waals surface area contributed by atoms with Crippen LogP contribution in [0.4, 0.5) is 5.69 Å². The minimum absolute atomic E-state index is 0.443. The van der Waals surface area contributed by atoms with Crippen molar-refractivity contribution in [3.8, 4) is 0 Å². The zero-order chi connectivity index (χ0) is 10.6. The van der Waals surface area contributed by atoms with Gasteiger partial charge in [-0.05, 0) is 42.1 Å². The third kappa shape index (κ3) is 2.42. The molecule has 76 valence electrons. The molecule has 0 saturated carbocycles. The second-order valence-corrected chi connectivity index (χ2v) is 3.70. The molecule has 1 aliphatic rings. The molecule has 2 nitrogen and oxygen atoms in total. The number of fused-ring (bicyclic) bond motifs is 1. The quantitative estimate of drug-likeness (QED) is 0.539. The fourth-order valence-electron chi connectivity index (χ4n) is 1.08. The van der Waals surface area contributed by atoms with Gasteiger partial charge in [-0.15, -0.1) is 0 Å². The SMILES string of the molecule is CC.Cc1cccc2c1SNC(Cl)=N2. The topological polar surface area (TPSA) is 24.4 Å². The molecule has 0 amide bonds. The maximum Gasteiger partial charge on any atom is 0.206 e. The molecule has 1 heterocycles. The van der Waals surface area contributed by atoms with Gasteiger partial charge in [0.2, 0.25) is 5.29 Å². The first-order valence-electron chi connectivity index (χ1n) is 4.54. The summed E-state index contributed by atoms with van der Waals surface area (Å²) < 4.78 is 2.91. The summed E-state index contributed by atoms with van der Waals surface area (Å²) in [5.74, 6) is 0. The van der Waals surface area contributed by atoms with Gasteiger partial charge in [0.25, 0.3) is 0 Å². The standard InChI is InChI=1S/C8H7ClN2S.C2H6/c1-5-3-2-4-6-7(5)12-11-8(9)10-6;1-2/h2-4H,1H3,(H,10,11);1-2H3. The summed E-state index contributed by atoms with van der Waals surface area (Å²) in [7, 11) is 0. The summed E-state index contributed by atoms with van der Waals surface area (Å²) in [6, 6.07) is 5.99. The van der Waals surface area contributed by atoms with Crippen LogP contribution in [0.25, 0.3) is 0 Å². The summed E-state index contributed by atoms with van der Waals surface area (Å²) in [4.78, 5) is 5.31. The summed E-state index contributed by atoms with van der Waals surface area (Å²) >= 11 is 7.23. The lowest BCUT2D eigenvalue weighted by atomic mass is 10.2. The summed E-state index contributed by atoms with van der Waals surface area (Å²) in [5.41, 5.74) is 2.17. The molecule has 0 aliphatic carbocycles. The first-order chi connectivity index (χ1) is 6.77. The van der Waals surface area contributed by atoms with E-state index in [1.807, 2.05) is 26.0 Å².